The van der Waals surface area contributed by atoms with Crippen LogP contribution in [0.5, 0.6) is 0 Å². The summed E-state index contributed by atoms with van der Waals surface area (Å²) in [7, 11) is -3.13. The molecule has 0 aliphatic carbocycles. The Morgan fingerprint density at radius 1 is 1.42 bits per heavy atom. The first-order valence-electron chi connectivity index (χ1n) is 4.16. The molecular formula is C7H15O4P. The van der Waals surface area contributed by atoms with E-state index in [4.69, 9.17) is 13.6 Å². The summed E-state index contributed by atoms with van der Waals surface area (Å²) in [4.78, 5) is 0. The molecule has 0 bridgehead atoms. The van der Waals surface area contributed by atoms with E-state index in [1.165, 1.54) is 0 Å². The zero-order valence-corrected chi connectivity index (χ0v) is 8.38. The van der Waals surface area contributed by atoms with Crippen molar-refractivity contribution in [2.24, 2.45) is 5.92 Å². The van der Waals surface area contributed by atoms with Gasteiger partial charge in [-0.05, 0) is 12.3 Å². The van der Waals surface area contributed by atoms with Crippen molar-refractivity contribution in [1.82, 2.24) is 0 Å². The molecule has 0 aromatic heterocycles. The lowest BCUT2D eigenvalue weighted by atomic mass is 10.2. The van der Waals surface area contributed by atoms with Gasteiger partial charge in [-0.25, -0.2) is 4.57 Å². The molecule has 4 nitrogen and oxygen atoms in total. The summed E-state index contributed by atoms with van der Waals surface area (Å²) in [5, 5.41) is 0. The fourth-order valence-electron chi connectivity index (χ4n) is 0.810. The van der Waals surface area contributed by atoms with Crippen molar-refractivity contribution in [3.05, 3.63) is 0 Å². The molecule has 1 saturated heterocycles. The third-order valence-electron chi connectivity index (χ3n) is 1.53. The van der Waals surface area contributed by atoms with Crippen molar-refractivity contribution in [1.29, 1.82) is 0 Å². The first kappa shape index (κ1) is 10.2. The molecule has 1 fully saturated rings. The zero-order chi connectivity index (χ0) is 9.03. The number of phosphoric acid groups is 1. The molecule has 0 amide bonds. The Morgan fingerprint density at radius 2 is 2.00 bits per heavy atom. The van der Waals surface area contributed by atoms with Crippen LogP contribution in [0.2, 0.25) is 0 Å². The summed E-state index contributed by atoms with van der Waals surface area (Å²) in [5.41, 5.74) is 0. The molecule has 0 aromatic rings. The lowest BCUT2D eigenvalue weighted by Crippen LogP contribution is -1.97. The van der Waals surface area contributed by atoms with Crippen molar-refractivity contribution < 1.29 is 18.1 Å². The van der Waals surface area contributed by atoms with Gasteiger partial charge in [0.25, 0.3) is 0 Å². The average molecular weight is 194 g/mol. The van der Waals surface area contributed by atoms with Gasteiger partial charge in [-0.1, -0.05) is 13.8 Å². The van der Waals surface area contributed by atoms with E-state index in [9.17, 15) is 4.57 Å². The van der Waals surface area contributed by atoms with Crippen LogP contribution in [0.1, 0.15) is 20.3 Å². The highest BCUT2D eigenvalue weighted by Crippen LogP contribution is 2.52. The van der Waals surface area contributed by atoms with E-state index in [0.717, 1.165) is 6.42 Å². The van der Waals surface area contributed by atoms with Crippen molar-refractivity contribution in [3.8, 4) is 0 Å². The number of phosphoric ester groups is 1. The predicted octanol–water partition coefficient (Wildman–Crippen LogP) is 2.20. The molecule has 5 heteroatoms. The van der Waals surface area contributed by atoms with Gasteiger partial charge in [-0.3, -0.25) is 13.6 Å². The highest BCUT2D eigenvalue weighted by Gasteiger charge is 2.31. The van der Waals surface area contributed by atoms with Gasteiger partial charge in [0, 0.05) is 0 Å². The standard InChI is InChI=1S/C7H15O4P/c1-7(2)3-4-9-12(8)10-5-6-11-12/h7H,3-6H2,1-2H3. The summed E-state index contributed by atoms with van der Waals surface area (Å²) in [6.45, 7) is 5.35. The minimum absolute atomic E-state index is 0.374. The van der Waals surface area contributed by atoms with E-state index in [-0.39, 0.29) is 0 Å². The Labute approximate surface area is 72.8 Å². The van der Waals surface area contributed by atoms with Crippen LogP contribution in [0, 0.1) is 5.92 Å². The topological polar surface area (TPSA) is 44.8 Å². The van der Waals surface area contributed by atoms with Crippen LogP contribution in [0.15, 0.2) is 0 Å². The molecular weight excluding hydrogens is 179 g/mol. The lowest BCUT2D eigenvalue weighted by Gasteiger charge is -2.10. The van der Waals surface area contributed by atoms with Gasteiger partial charge < -0.3 is 0 Å². The largest absolute Gasteiger partial charge is 0.474 e. The number of hydrogen-bond donors (Lipinski definition) is 0. The van der Waals surface area contributed by atoms with Gasteiger partial charge in [0.05, 0.1) is 19.8 Å². The fraction of sp³-hybridized carbons (Fsp3) is 1.00. The smallest absolute Gasteiger partial charge is 0.287 e. The number of hydrogen-bond acceptors (Lipinski definition) is 4. The first-order chi connectivity index (χ1) is 5.62. The van der Waals surface area contributed by atoms with E-state index < -0.39 is 7.82 Å². The normalized spacial score (nSPS) is 21.9. The van der Waals surface area contributed by atoms with Crippen LogP contribution in [-0.4, -0.2) is 19.8 Å². The van der Waals surface area contributed by atoms with Crippen LogP contribution in [0.3, 0.4) is 0 Å². The van der Waals surface area contributed by atoms with Crippen LogP contribution >= 0.6 is 7.82 Å². The molecule has 0 saturated carbocycles. The van der Waals surface area contributed by atoms with Gasteiger partial charge in [0.15, 0.2) is 0 Å². The Morgan fingerprint density at radius 3 is 2.50 bits per heavy atom. The van der Waals surface area contributed by atoms with E-state index in [1.807, 2.05) is 0 Å². The van der Waals surface area contributed by atoms with E-state index >= 15 is 0 Å². The van der Waals surface area contributed by atoms with Crippen LogP contribution in [0.25, 0.3) is 0 Å². The predicted molar refractivity (Wildman–Crippen MR) is 44.9 cm³/mol. The van der Waals surface area contributed by atoms with Gasteiger partial charge in [-0.2, -0.15) is 0 Å². The Kier molecular flexibility index (Phi) is 3.72. The second-order valence-corrected chi connectivity index (χ2v) is 4.80. The lowest BCUT2D eigenvalue weighted by molar-refractivity contribution is 0.182. The van der Waals surface area contributed by atoms with Crippen LogP contribution < -0.4 is 0 Å². The second kappa shape index (κ2) is 4.38. The second-order valence-electron chi connectivity index (χ2n) is 3.13. The van der Waals surface area contributed by atoms with E-state index in [1.54, 1.807) is 0 Å². The summed E-state index contributed by atoms with van der Waals surface area (Å²) < 4.78 is 26.0. The molecule has 1 aliphatic heterocycles. The van der Waals surface area contributed by atoms with Crippen molar-refractivity contribution >= 4 is 7.82 Å². The molecule has 12 heavy (non-hydrogen) atoms. The maximum atomic E-state index is 11.3. The average Bonchev–Trinajstić information content (AvgIpc) is 2.35. The fourth-order valence-corrected chi connectivity index (χ4v) is 1.96. The van der Waals surface area contributed by atoms with E-state index in [2.05, 4.69) is 13.8 Å². The molecule has 0 spiro atoms. The highest BCUT2D eigenvalue weighted by molar-refractivity contribution is 7.48. The molecule has 0 radical (unpaired) electrons. The summed E-state index contributed by atoms with van der Waals surface area (Å²) in [6.07, 6.45) is 0.872. The van der Waals surface area contributed by atoms with Crippen LogP contribution in [0.4, 0.5) is 0 Å². The van der Waals surface area contributed by atoms with E-state index in [0.29, 0.717) is 25.7 Å². The Balaban J connectivity index is 2.17. The van der Waals surface area contributed by atoms with Gasteiger partial charge in [0.1, 0.15) is 0 Å². The Bertz CT molecular complexity index is 170. The molecule has 0 N–H and O–H groups in total. The molecule has 0 atom stereocenters. The van der Waals surface area contributed by atoms with Crippen molar-refractivity contribution in [2.45, 2.75) is 20.3 Å². The summed E-state index contributed by atoms with van der Waals surface area (Å²) in [6, 6.07) is 0. The first-order valence-corrected chi connectivity index (χ1v) is 5.62. The SMILES string of the molecule is CC(C)CCOP1(=O)OCCO1. The minimum Gasteiger partial charge on any atom is -0.287 e. The van der Waals surface area contributed by atoms with Gasteiger partial charge in [-0.15, -0.1) is 0 Å². The summed E-state index contributed by atoms with van der Waals surface area (Å²) in [5.74, 6) is 0.541. The molecule has 1 aliphatic rings. The Hall–Kier alpha value is 0.110. The minimum atomic E-state index is -3.13. The van der Waals surface area contributed by atoms with Crippen molar-refractivity contribution in [3.63, 3.8) is 0 Å². The summed E-state index contributed by atoms with van der Waals surface area (Å²) >= 11 is 0. The molecule has 1 rings (SSSR count). The maximum Gasteiger partial charge on any atom is 0.474 e. The molecule has 72 valence electrons. The third-order valence-corrected chi connectivity index (χ3v) is 3.02. The molecule has 1 heterocycles. The van der Waals surface area contributed by atoms with Gasteiger partial charge in [0.2, 0.25) is 0 Å². The van der Waals surface area contributed by atoms with Gasteiger partial charge >= 0.3 is 7.82 Å². The monoisotopic (exact) mass is 194 g/mol. The zero-order valence-electron chi connectivity index (χ0n) is 7.49. The molecule has 0 aromatic carbocycles. The maximum absolute atomic E-state index is 11.3. The van der Waals surface area contributed by atoms with Crippen LogP contribution in [-0.2, 0) is 18.1 Å². The third kappa shape index (κ3) is 3.23. The number of rotatable bonds is 4. The van der Waals surface area contributed by atoms with Crippen molar-refractivity contribution in [2.75, 3.05) is 19.8 Å². The quantitative estimate of drug-likeness (QED) is 0.643. The highest BCUT2D eigenvalue weighted by atomic mass is 31.2. The molecule has 0 unspecified atom stereocenters.